The fraction of sp³-hybridized carbons (Fsp3) is 0.316. The van der Waals surface area contributed by atoms with Crippen molar-refractivity contribution in [2.45, 2.75) is 18.9 Å². The van der Waals surface area contributed by atoms with Gasteiger partial charge in [-0.1, -0.05) is 24.3 Å². The lowest BCUT2D eigenvalue weighted by Crippen LogP contribution is -2.37. The average molecular weight is 398 g/mol. The van der Waals surface area contributed by atoms with Gasteiger partial charge in [0.15, 0.2) is 0 Å². The van der Waals surface area contributed by atoms with Crippen molar-refractivity contribution < 1.29 is 32.5 Å². The maximum absolute atomic E-state index is 12.9. The summed E-state index contributed by atoms with van der Waals surface area (Å²) in [5.41, 5.74) is -0.436. The van der Waals surface area contributed by atoms with Gasteiger partial charge in [0.05, 0.1) is 37.7 Å². The first-order valence-corrected chi connectivity index (χ1v) is 8.39. The summed E-state index contributed by atoms with van der Waals surface area (Å²) in [6.07, 6.45) is -5.60. The Morgan fingerprint density at radius 3 is 2.46 bits per heavy atom. The van der Waals surface area contributed by atoms with Crippen molar-refractivity contribution in [1.82, 2.24) is 5.32 Å². The molecule has 152 valence electrons. The third-order valence-electron chi connectivity index (χ3n) is 3.72. The lowest BCUT2D eigenvalue weighted by molar-refractivity contribution is -0.136. The predicted molar refractivity (Wildman–Crippen MR) is 97.1 cm³/mol. The van der Waals surface area contributed by atoms with Crippen molar-refractivity contribution >= 4 is 11.7 Å². The Kier molecular flexibility index (Phi) is 7.65. The molecule has 1 atom stereocenters. The zero-order valence-electron chi connectivity index (χ0n) is 15.1. The standard InChI is InChI=1S/C19H21F3N2O4/c1-27-15-8-6-13(7-9-15)11-28-12-14(25)10-23-18(26)24-17-5-3-2-4-16(17)19(20,21)22/h2-9,14,25H,10-12H2,1H3,(H2,23,24,26). The Morgan fingerprint density at radius 2 is 1.82 bits per heavy atom. The van der Waals surface area contributed by atoms with Gasteiger partial charge in [0, 0.05) is 6.54 Å². The van der Waals surface area contributed by atoms with E-state index in [1.54, 1.807) is 19.2 Å². The molecule has 0 radical (unpaired) electrons. The number of para-hydroxylation sites is 1. The number of hydrogen-bond donors (Lipinski definition) is 3. The van der Waals surface area contributed by atoms with E-state index in [0.29, 0.717) is 5.75 Å². The van der Waals surface area contributed by atoms with Crippen molar-refractivity contribution in [3.05, 3.63) is 59.7 Å². The molecule has 0 saturated carbocycles. The first-order valence-electron chi connectivity index (χ1n) is 8.39. The summed E-state index contributed by atoms with van der Waals surface area (Å²) < 4.78 is 49.1. The number of carbonyl (C=O) groups excluding carboxylic acids is 1. The molecule has 6 nitrogen and oxygen atoms in total. The van der Waals surface area contributed by atoms with Gasteiger partial charge in [-0.3, -0.25) is 0 Å². The van der Waals surface area contributed by atoms with Gasteiger partial charge >= 0.3 is 12.2 Å². The van der Waals surface area contributed by atoms with E-state index in [1.165, 1.54) is 12.1 Å². The van der Waals surface area contributed by atoms with Crippen LogP contribution in [-0.2, 0) is 17.5 Å². The number of carbonyl (C=O) groups is 1. The highest BCUT2D eigenvalue weighted by Gasteiger charge is 2.33. The van der Waals surface area contributed by atoms with Crippen LogP contribution in [0.3, 0.4) is 0 Å². The molecular formula is C19H21F3N2O4. The molecule has 0 aliphatic heterocycles. The fourth-order valence-electron chi connectivity index (χ4n) is 2.31. The molecule has 3 N–H and O–H groups in total. The van der Waals surface area contributed by atoms with Crippen molar-refractivity contribution in [2.24, 2.45) is 0 Å². The molecule has 0 saturated heterocycles. The van der Waals surface area contributed by atoms with Crippen molar-refractivity contribution in [3.63, 3.8) is 0 Å². The minimum absolute atomic E-state index is 0.0502. The van der Waals surface area contributed by atoms with Crippen molar-refractivity contribution in [3.8, 4) is 5.75 Å². The van der Waals surface area contributed by atoms with E-state index in [0.717, 1.165) is 17.7 Å². The smallest absolute Gasteiger partial charge is 0.418 e. The van der Waals surface area contributed by atoms with Gasteiger partial charge in [-0.05, 0) is 29.8 Å². The number of aliphatic hydroxyl groups excluding tert-OH is 1. The fourth-order valence-corrected chi connectivity index (χ4v) is 2.31. The number of alkyl halides is 3. The van der Waals surface area contributed by atoms with Gasteiger partial charge in [0.25, 0.3) is 0 Å². The number of nitrogens with one attached hydrogen (secondary N) is 2. The number of urea groups is 1. The molecule has 0 fully saturated rings. The molecule has 0 aromatic heterocycles. The molecule has 28 heavy (non-hydrogen) atoms. The Labute approximate surface area is 160 Å². The van der Waals surface area contributed by atoms with E-state index in [4.69, 9.17) is 9.47 Å². The number of hydrogen-bond acceptors (Lipinski definition) is 4. The predicted octanol–water partition coefficient (Wildman–Crippen LogP) is 3.41. The van der Waals surface area contributed by atoms with Crippen LogP contribution in [0.25, 0.3) is 0 Å². The number of benzene rings is 2. The molecule has 0 aliphatic rings. The molecule has 0 bridgehead atoms. The maximum atomic E-state index is 12.9. The van der Waals surface area contributed by atoms with Crippen LogP contribution in [0.2, 0.25) is 0 Å². The lowest BCUT2D eigenvalue weighted by Gasteiger charge is -2.15. The second-order valence-corrected chi connectivity index (χ2v) is 5.90. The number of rotatable bonds is 8. The number of methoxy groups -OCH3 is 1. The van der Waals surface area contributed by atoms with Crippen LogP contribution >= 0.6 is 0 Å². The zero-order valence-corrected chi connectivity index (χ0v) is 15.1. The monoisotopic (exact) mass is 398 g/mol. The van der Waals surface area contributed by atoms with E-state index < -0.39 is 23.9 Å². The Balaban J connectivity index is 1.73. The molecule has 2 rings (SSSR count). The quantitative estimate of drug-likeness (QED) is 0.637. The van der Waals surface area contributed by atoms with Gasteiger partial charge in [-0.25, -0.2) is 4.79 Å². The van der Waals surface area contributed by atoms with Gasteiger partial charge in [0.2, 0.25) is 0 Å². The summed E-state index contributed by atoms with van der Waals surface area (Å²) in [7, 11) is 1.56. The zero-order chi connectivity index (χ0) is 20.6. The van der Waals surface area contributed by atoms with Crippen LogP contribution in [0.1, 0.15) is 11.1 Å². The van der Waals surface area contributed by atoms with Crippen molar-refractivity contribution in [2.75, 3.05) is 25.6 Å². The van der Waals surface area contributed by atoms with Gasteiger partial charge in [0.1, 0.15) is 5.75 Å². The average Bonchev–Trinajstić information content (AvgIpc) is 2.66. The first kappa shape index (κ1) is 21.5. The highest BCUT2D eigenvalue weighted by Crippen LogP contribution is 2.34. The van der Waals surface area contributed by atoms with Gasteiger partial charge < -0.3 is 25.2 Å². The van der Waals surface area contributed by atoms with E-state index >= 15 is 0 Å². The summed E-state index contributed by atoms with van der Waals surface area (Å²) in [6.45, 7) is 0.0281. The van der Waals surface area contributed by atoms with E-state index in [-0.39, 0.29) is 25.4 Å². The van der Waals surface area contributed by atoms with Crippen molar-refractivity contribution in [1.29, 1.82) is 0 Å². The Bertz CT molecular complexity index is 767. The van der Waals surface area contributed by atoms with Crippen LogP contribution in [0.5, 0.6) is 5.75 Å². The lowest BCUT2D eigenvalue weighted by atomic mass is 10.1. The molecule has 2 aromatic rings. The van der Waals surface area contributed by atoms with E-state index in [9.17, 15) is 23.1 Å². The minimum atomic E-state index is -4.58. The maximum Gasteiger partial charge on any atom is 0.418 e. The minimum Gasteiger partial charge on any atom is -0.497 e. The highest BCUT2D eigenvalue weighted by atomic mass is 19.4. The number of halogens is 3. The number of ether oxygens (including phenoxy) is 2. The molecule has 9 heteroatoms. The molecule has 0 heterocycles. The Hall–Kier alpha value is -2.78. The topological polar surface area (TPSA) is 79.8 Å². The molecule has 2 aromatic carbocycles. The largest absolute Gasteiger partial charge is 0.497 e. The summed E-state index contributed by atoms with van der Waals surface area (Å²) in [5.74, 6) is 0.714. The third-order valence-corrected chi connectivity index (χ3v) is 3.72. The Morgan fingerprint density at radius 1 is 1.14 bits per heavy atom. The SMILES string of the molecule is COc1ccc(COCC(O)CNC(=O)Nc2ccccc2C(F)(F)F)cc1. The van der Waals surface area contributed by atoms with Crippen LogP contribution in [0, 0.1) is 0 Å². The highest BCUT2D eigenvalue weighted by molar-refractivity contribution is 5.90. The summed E-state index contributed by atoms with van der Waals surface area (Å²) in [5, 5.41) is 14.3. The van der Waals surface area contributed by atoms with Crippen LogP contribution in [0.4, 0.5) is 23.7 Å². The summed E-state index contributed by atoms with van der Waals surface area (Å²) in [4.78, 5) is 11.8. The first-order chi connectivity index (χ1) is 13.3. The van der Waals surface area contributed by atoms with Crippen LogP contribution in [-0.4, -0.2) is 37.5 Å². The molecule has 2 amide bonds. The molecule has 1 unspecified atom stereocenters. The summed E-state index contributed by atoms with van der Waals surface area (Å²) in [6, 6.07) is 11.0. The summed E-state index contributed by atoms with van der Waals surface area (Å²) >= 11 is 0. The molecular weight excluding hydrogens is 377 g/mol. The molecule has 0 aliphatic carbocycles. The third kappa shape index (κ3) is 6.75. The normalized spacial score (nSPS) is 12.3. The van der Waals surface area contributed by atoms with E-state index in [2.05, 4.69) is 10.6 Å². The molecule has 0 spiro atoms. The van der Waals surface area contributed by atoms with Crippen LogP contribution in [0.15, 0.2) is 48.5 Å². The van der Waals surface area contributed by atoms with Gasteiger partial charge in [-0.2, -0.15) is 13.2 Å². The van der Waals surface area contributed by atoms with Crippen LogP contribution < -0.4 is 15.4 Å². The second kappa shape index (κ2) is 9.95. The van der Waals surface area contributed by atoms with Gasteiger partial charge in [-0.15, -0.1) is 0 Å². The number of aliphatic hydroxyl groups is 1. The number of anilines is 1. The van der Waals surface area contributed by atoms with E-state index in [1.807, 2.05) is 12.1 Å². The number of amides is 2. The second-order valence-electron chi connectivity index (χ2n) is 5.90.